The fourth-order valence-electron chi connectivity index (χ4n) is 1.37. The Labute approximate surface area is 119 Å². The van der Waals surface area contributed by atoms with Crippen LogP contribution in [0, 0.1) is 5.41 Å². The van der Waals surface area contributed by atoms with Gasteiger partial charge in [-0.05, 0) is 36.1 Å². The fraction of sp³-hybridized carbons (Fsp3) is 0.462. The number of carbonyl (C=O) groups excluding carboxylic acids is 1. The van der Waals surface area contributed by atoms with Gasteiger partial charge in [-0.25, -0.2) is 0 Å². The highest BCUT2D eigenvalue weighted by molar-refractivity contribution is 9.10. The average molecular weight is 363 g/mol. The van der Waals surface area contributed by atoms with Crippen molar-refractivity contribution in [2.45, 2.75) is 20.3 Å². The van der Waals surface area contributed by atoms with Gasteiger partial charge in [-0.2, -0.15) is 0 Å². The average Bonchev–Trinajstić information content (AvgIpc) is 2.27. The van der Waals surface area contributed by atoms with E-state index in [1.807, 2.05) is 24.3 Å². The molecule has 0 atom stereocenters. The van der Waals surface area contributed by atoms with Crippen LogP contribution in [0.1, 0.15) is 30.6 Å². The first-order valence-corrected chi connectivity index (χ1v) is 7.46. The molecule has 0 aliphatic heterocycles. The number of nitrogens with one attached hydrogen (secondary N) is 1. The van der Waals surface area contributed by atoms with E-state index in [4.69, 9.17) is 0 Å². The van der Waals surface area contributed by atoms with Gasteiger partial charge in [0.05, 0.1) is 0 Å². The molecule has 17 heavy (non-hydrogen) atoms. The van der Waals surface area contributed by atoms with Crippen LogP contribution in [0.3, 0.4) is 0 Å². The van der Waals surface area contributed by atoms with Crippen molar-refractivity contribution in [1.82, 2.24) is 5.32 Å². The molecule has 0 unspecified atom stereocenters. The topological polar surface area (TPSA) is 29.1 Å². The van der Waals surface area contributed by atoms with Gasteiger partial charge in [-0.3, -0.25) is 4.79 Å². The van der Waals surface area contributed by atoms with E-state index in [0.717, 1.165) is 16.2 Å². The Morgan fingerprint density at radius 2 is 1.88 bits per heavy atom. The summed E-state index contributed by atoms with van der Waals surface area (Å²) in [4.78, 5) is 11.9. The molecule has 0 spiro atoms. The summed E-state index contributed by atoms with van der Waals surface area (Å²) in [6.45, 7) is 4.99. The second kappa shape index (κ2) is 6.55. The summed E-state index contributed by atoms with van der Waals surface area (Å²) in [6.07, 6.45) is 1.04. The molecule has 1 aromatic carbocycles. The van der Waals surface area contributed by atoms with Crippen LogP contribution in [0.5, 0.6) is 0 Å². The predicted molar refractivity (Wildman–Crippen MR) is 78.7 cm³/mol. The van der Waals surface area contributed by atoms with Crippen molar-refractivity contribution in [3.05, 3.63) is 34.3 Å². The molecule has 0 fully saturated rings. The zero-order valence-electron chi connectivity index (χ0n) is 10.1. The van der Waals surface area contributed by atoms with Crippen molar-refractivity contribution in [3.63, 3.8) is 0 Å². The van der Waals surface area contributed by atoms with E-state index >= 15 is 0 Å². The summed E-state index contributed by atoms with van der Waals surface area (Å²) in [5.41, 5.74) is 0.817. The molecule has 4 heteroatoms. The summed E-state index contributed by atoms with van der Waals surface area (Å²) in [7, 11) is 0. The van der Waals surface area contributed by atoms with Gasteiger partial charge >= 0.3 is 0 Å². The first kappa shape index (κ1) is 14.7. The molecule has 0 radical (unpaired) electrons. The first-order valence-electron chi connectivity index (χ1n) is 5.54. The monoisotopic (exact) mass is 361 g/mol. The lowest BCUT2D eigenvalue weighted by molar-refractivity contribution is 0.0936. The number of amides is 1. The standard InChI is InChI=1S/C13H17Br2NO/c1-13(2,7-8-14)9-16-12(17)10-3-5-11(15)6-4-10/h3-6H,7-9H2,1-2H3,(H,16,17). The van der Waals surface area contributed by atoms with Gasteiger partial charge in [-0.1, -0.05) is 45.7 Å². The van der Waals surface area contributed by atoms with Crippen LogP contribution >= 0.6 is 31.9 Å². The molecule has 0 saturated carbocycles. The number of halogens is 2. The van der Waals surface area contributed by atoms with Crippen LogP contribution in [0.4, 0.5) is 0 Å². The third-order valence-electron chi connectivity index (χ3n) is 2.61. The van der Waals surface area contributed by atoms with Crippen molar-refractivity contribution < 1.29 is 4.79 Å². The van der Waals surface area contributed by atoms with Gasteiger partial charge in [0.2, 0.25) is 0 Å². The number of alkyl halides is 1. The second-order valence-corrected chi connectivity index (χ2v) is 6.50. The lowest BCUT2D eigenvalue weighted by Crippen LogP contribution is -2.34. The Morgan fingerprint density at radius 1 is 1.29 bits per heavy atom. The number of hydrogen-bond acceptors (Lipinski definition) is 1. The molecule has 2 nitrogen and oxygen atoms in total. The molecular formula is C13H17Br2NO. The third-order valence-corrected chi connectivity index (χ3v) is 3.53. The molecule has 1 amide bonds. The third kappa shape index (κ3) is 5.21. The van der Waals surface area contributed by atoms with E-state index in [-0.39, 0.29) is 11.3 Å². The molecule has 0 heterocycles. The van der Waals surface area contributed by atoms with Crippen LogP contribution in [0.25, 0.3) is 0 Å². The van der Waals surface area contributed by atoms with Crippen LogP contribution in [-0.4, -0.2) is 17.8 Å². The number of rotatable bonds is 5. The highest BCUT2D eigenvalue weighted by atomic mass is 79.9. The lowest BCUT2D eigenvalue weighted by Gasteiger charge is -2.23. The highest BCUT2D eigenvalue weighted by Crippen LogP contribution is 2.20. The molecule has 1 N–H and O–H groups in total. The van der Waals surface area contributed by atoms with Gasteiger partial charge in [0.15, 0.2) is 0 Å². The van der Waals surface area contributed by atoms with Crippen molar-refractivity contribution in [1.29, 1.82) is 0 Å². The molecule has 0 aromatic heterocycles. The molecule has 0 bridgehead atoms. The van der Waals surface area contributed by atoms with Gasteiger partial charge in [0.25, 0.3) is 5.91 Å². The molecular weight excluding hydrogens is 346 g/mol. The second-order valence-electron chi connectivity index (χ2n) is 4.79. The van der Waals surface area contributed by atoms with Crippen molar-refractivity contribution in [2.75, 3.05) is 11.9 Å². The van der Waals surface area contributed by atoms with Gasteiger partial charge in [-0.15, -0.1) is 0 Å². The van der Waals surface area contributed by atoms with Crippen molar-refractivity contribution in [3.8, 4) is 0 Å². The van der Waals surface area contributed by atoms with E-state index < -0.39 is 0 Å². The van der Waals surface area contributed by atoms with Gasteiger partial charge < -0.3 is 5.32 Å². The maximum Gasteiger partial charge on any atom is 0.251 e. The van der Waals surface area contributed by atoms with Crippen LogP contribution in [0.2, 0.25) is 0 Å². The quantitative estimate of drug-likeness (QED) is 0.788. The molecule has 1 aromatic rings. The number of hydrogen-bond donors (Lipinski definition) is 1. The highest BCUT2D eigenvalue weighted by Gasteiger charge is 2.18. The molecule has 94 valence electrons. The number of carbonyl (C=O) groups is 1. The summed E-state index contributed by atoms with van der Waals surface area (Å²) in [6, 6.07) is 7.38. The summed E-state index contributed by atoms with van der Waals surface area (Å²) in [5, 5.41) is 3.92. The molecule has 0 aliphatic rings. The van der Waals surface area contributed by atoms with Crippen molar-refractivity contribution >= 4 is 37.8 Å². The normalized spacial score (nSPS) is 11.3. The Hall–Kier alpha value is -0.350. The zero-order chi connectivity index (χ0) is 12.9. The minimum atomic E-state index is -0.0138. The smallest absolute Gasteiger partial charge is 0.251 e. The minimum absolute atomic E-state index is 0.0138. The van der Waals surface area contributed by atoms with Gasteiger partial charge in [0, 0.05) is 21.9 Å². The van der Waals surface area contributed by atoms with Gasteiger partial charge in [0.1, 0.15) is 0 Å². The van der Waals surface area contributed by atoms with Crippen LogP contribution in [0.15, 0.2) is 28.7 Å². The largest absolute Gasteiger partial charge is 0.352 e. The minimum Gasteiger partial charge on any atom is -0.352 e. The van der Waals surface area contributed by atoms with E-state index in [1.54, 1.807) is 0 Å². The van der Waals surface area contributed by atoms with E-state index in [2.05, 4.69) is 51.0 Å². The summed E-state index contributed by atoms with van der Waals surface area (Å²) < 4.78 is 0.980. The Bertz CT molecular complexity index is 374. The zero-order valence-corrected chi connectivity index (χ0v) is 13.3. The molecule has 0 aliphatic carbocycles. The van der Waals surface area contributed by atoms with E-state index in [9.17, 15) is 4.79 Å². The Kier molecular flexibility index (Phi) is 5.67. The lowest BCUT2D eigenvalue weighted by atomic mass is 9.90. The predicted octanol–water partition coefficient (Wildman–Crippen LogP) is 3.99. The van der Waals surface area contributed by atoms with E-state index in [0.29, 0.717) is 12.1 Å². The summed E-state index contributed by atoms with van der Waals surface area (Å²) in [5.74, 6) is -0.0138. The van der Waals surface area contributed by atoms with E-state index in [1.165, 1.54) is 0 Å². The first-order chi connectivity index (χ1) is 7.94. The molecule has 1 rings (SSSR count). The Balaban J connectivity index is 2.53. The van der Waals surface area contributed by atoms with Crippen molar-refractivity contribution in [2.24, 2.45) is 5.41 Å². The van der Waals surface area contributed by atoms with Crippen LogP contribution < -0.4 is 5.32 Å². The maximum atomic E-state index is 11.9. The Morgan fingerprint density at radius 3 is 2.41 bits per heavy atom. The maximum absolute atomic E-state index is 11.9. The fourth-order valence-corrected chi connectivity index (χ4v) is 2.70. The SMILES string of the molecule is CC(C)(CCBr)CNC(=O)c1ccc(Br)cc1. The number of benzene rings is 1. The summed E-state index contributed by atoms with van der Waals surface area (Å²) >= 11 is 6.78. The molecule has 0 saturated heterocycles. The van der Waals surface area contributed by atoms with Crippen LogP contribution in [-0.2, 0) is 0 Å².